The Hall–Kier alpha value is -3.73. The van der Waals surface area contributed by atoms with Crippen LogP contribution in [-0.2, 0) is 4.79 Å². The summed E-state index contributed by atoms with van der Waals surface area (Å²) in [4.78, 5) is 39.8. The molecule has 3 aromatic rings. The third-order valence-corrected chi connectivity index (χ3v) is 5.62. The van der Waals surface area contributed by atoms with Crippen LogP contribution in [-0.4, -0.2) is 24.1 Å². The first-order valence-electron chi connectivity index (χ1n) is 10.4. The molecule has 1 atom stereocenters. The van der Waals surface area contributed by atoms with Crippen LogP contribution in [0.2, 0.25) is 0 Å². The lowest BCUT2D eigenvalue weighted by atomic mass is 10.0. The Labute approximate surface area is 181 Å². The van der Waals surface area contributed by atoms with Crippen LogP contribution in [0.4, 0.5) is 11.4 Å². The van der Waals surface area contributed by atoms with Crippen molar-refractivity contribution < 1.29 is 14.4 Å². The van der Waals surface area contributed by atoms with Gasteiger partial charge in [-0.05, 0) is 55.3 Å². The number of carbonyl (C=O) groups excluding carboxylic acids is 3. The topological polar surface area (TPSA) is 66.5 Å². The minimum atomic E-state index is -0.284. The number of benzene rings is 3. The number of fused-ring (bicyclic) bond motifs is 1. The van der Waals surface area contributed by atoms with Gasteiger partial charge in [-0.15, -0.1) is 0 Å². The van der Waals surface area contributed by atoms with Crippen molar-refractivity contribution in [1.82, 2.24) is 0 Å². The lowest BCUT2D eigenvalue weighted by Gasteiger charge is -2.22. The molecule has 1 heterocycles. The van der Waals surface area contributed by atoms with E-state index in [0.717, 1.165) is 5.56 Å². The second-order valence-electron chi connectivity index (χ2n) is 7.70. The van der Waals surface area contributed by atoms with Crippen molar-refractivity contribution in [1.29, 1.82) is 0 Å². The molecule has 0 saturated heterocycles. The average Bonchev–Trinajstić information content (AvgIpc) is 2.98. The Morgan fingerprint density at radius 1 is 0.903 bits per heavy atom. The Kier molecular flexibility index (Phi) is 5.94. The van der Waals surface area contributed by atoms with Crippen LogP contribution >= 0.6 is 0 Å². The Morgan fingerprint density at radius 2 is 1.58 bits per heavy atom. The number of carbonyl (C=O) groups is 3. The first kappa shape index (κ1) is 20.5. The molecule has 0 aromatic heterocycles. The van der Waals surface area contributed by atoms with Crippen LogP contribution in [0.5, 0.6) is 0 Å². The molecule has 0 fully saturated rings. The minimum absolute atomic E-state index is 0.0662. The molecule has 1 N–H and O–H groups in total. The van der Waals surface area contributed by atoms with Gasteiger partial charge < -0.3 is 10.2 Å². The number of rotatable bonds is 4. The fourth-order valence-electron chi connectivity index (χ4n) is 3.80. The number of hydrogen-bond donors (Lipinski definition) is 1. The molecule has 31 heavy (non-hydrogen) atoms. The first-order chi connectivity index (χ1) is 15.0. The summed E-state index contributed by atoms with van der Waals surface area (Å²) in [5.41, 5.74) is 3.34. The maximum absolute atomic E-state index is 13.2. The second kappa shape index (κ2) is 8.96. The molecular weight excluding hydrogens is 388 g/mol. The zero-order chi connectivity index (χ0) is 21.8. The number of para-hydroxylation sites is 1. The van der Waals surface area contributed by atoms with E-state index >= 15 is 0 Å². The Bertz CT molecular complexity index is 1110. The monoisotopic (exact) mass is 412 g/mol. The summed E-state index contributed by atoms with van der Waals surface area (Å²) in [7, 11) is 0. The van der Waals surface area contributed by atoms with E-state index in [2.05, 4.69) is 5.32 Å². The van der Waals surface area contributed by atoms with Crippen LogP contribution in [0, 0.1) is 0 Å². The molecule has 1 aliphatic rings. The number of nitrogens with zero attached hydrogens (tertiary/aromatic N) is 1. The van der Waals surface area contributed by atoms with Crippen molar-refractivity contribution in [3.63, 3.8) is 0 Å². The highest BCUT2D eigenvalue weighted by atomic mass is 16.2. The smallest absolute Gasteiger partial charge is 0.258 e. The maximum Gasteiger partial charge on any atom is 0.258 e. The van der Waals surface area contributed by atoms with E-state index in [0.29, 0.717) is 41.9 Å². The molecule has 0 aliphatic carbocycles. The zero-order valence-corrected chi connectivity index (χ0v) is 17.4. The molecule has 1 aliphatic heterocycles. The molecule has 3 aromatic carbocycles. The third kappa shape index (κ3) is 4.40. The summed E-state index contributed by atoms with van der Waals surface area (Å²) in [6.45, 7) is 2.36. The van der Waals surface area contributed by atoms with Gasteiger partial charge in [0.15, 0.2) is 5.78 Å². The lowest BCUT2D eigenvalue weighted by Crippen LogP contribution is -2.31. The van der Waals surface area contributed by atoms with Gasteiger partial charge in [0, 0.05) is 29.8 Å². The molecule has 0 spiro atoms. The van der Waals surface area contributed by atoms with Crippen molar-refractivity contribution in [3.05, 3.63) is 95.6 Å². The number of hydrogen-bond acceptors (Lipinski definition) is 3. The van der Waals surface area contributed by atoms with Crippen LogP contribution < -0.4 is 10.2 Å². The van der Waals surface area contributed by atoms with Crippen molar-refractivity contribution in [3.8, 4) is 0 Å². The number of Topliss-reactive ketones (excluding diaryl/α,β-unsaturated/α-hetero) is 1. The van der Waals surface area contributed by atoms with E-state index in [1.807, 2.05) is 55.5 Å². The van der Waals surface area contributed by atoms with E-state index in [1.165, 1.54) is 0 Å². The fraction of sp³-hybridized carbons (Fsp3) is 0.192. The van der Waals surface area contributed by atoms with E-state index in [4.69, 9.17) is 0 Å². The van der Waals surface area contributed by atoms with Crippen LogP contribution in [0.1, 0.15) is 52.0 Å². The van der Waals surface area contributed by atoms with Crippen molar-refractivity contribution in [2.24, 2.45) is 0 Å². The van der Waals surface area contributed by atoms with Crippen molar-refractivity contribution in [2.75, 3.05) is 16.8 Å². The van der Waals surface area contributed by atoms with Crippen LogP contribution in [0.25, 0.3) is 0 Å². The van der Waals surface area contributed by atoms with Gasteiger partial charge in [-0.3, -0.25) is 14.4 Å². The molecule has 156 valence electrons. The highest BCUT2D eigenvalue weighted by Crippen LogP contribution is 2.28. The molecule has 5 nitrogen and oxygen atoms in total. The summed E-state index contributed by atoms with van der Waals surface area (Å²) < 4.78 is 0. The second-order valence-corrected chi connectivity index (χ2v) is 7.70. The molecule has 1 unspecified atom stereocenters. The van der Waals surface area contributed by atoms with Gasteiger partial charge in [-0.2, -0.15) is 0 Å². The highest BCUT2D eigenvalue weighted by Gasteiger charge is 2.25. The summed E-state index contributed by atoms with van der Waals surface area (Å²) in [5, 5.41) is 2.91. The molecule has 5 heteroatoms. The maximum atomic E-state index is 13.2. The third-order valence-electron chi connectivity index (χ3n) is 5.62. The number of anilines is 2. The first-order valence-corrected chi connectivity index (χ1v) is 10.4. The van der Waals surface area contributed by atoms with Crippen LogP contribution in [0.3, 0.4) is 0 Å². The summed E-state index contributed by atoms with van der Waals surface area (Å²) in [6, 6.07) is 23.7. The largest absolute Gasteiger partial charge is 0.326 e. The SMILES string of the molecule is CC(C(=O)Nc1ccc(C(=O)N2CCCC(=O)c3ccccc32)cc1)c1ccccc1. The number of nitrogens with one attached hydrogen (secondary N) is 1. The average molecular weight is 412 g/mol. The van der Waals surface area contributed by atoms with Gasteiger partial charge in [0.25, 0.3) is 5.91 Å². The number of amides is 2. The predicted molar refractivity (Wildman–Crippen MR) is 122 cm³/mol. The summed E-state index contributed by atoms with van der Waals surface area (Å²) >= 11 is 0. The molecule has 2 amide bonds. The Morgan fingerprint density at radius 3 is 2.32 bits per heavy atom. The summed E-state index contributed by atoms with van der Waals surface area (Å²) in [6.07, 6.45) is 1.07. The quantitative estimate of drug-likeness (QED) is 0.652. The van der Waals surface area contributed by atoms with Gasteiger partial charge in [0.2, 0.25) is 5.91 Å². The molecule has 0 bridgehead atoms. The molecule has 0 radical (unpaired) electrons. The van der Waals surface area contributed by atoms with Gasteiger partial charge in [-0.25, -0.2) is 0 Å². The standard InChI is InChI=1S/C26H24N2O3/c1-18(19-8-3-2-4-9-19)25(30)27-21-15-13-20(14-16-21)26(31)28-17-7-12-24(29)22-10-5-6-11-23(22)28/h2-6,8-11,13-16,18H,7,12,17H2,1H3,(H,27,30). The normalized spacial score (nSPS) is 14.4. The van der Waals surface area contributed by atoms with Gasteiger partial charge in [0.05, 0.1) is 11.6 Å². The fourth-order valence-corrected chi connectivity index (χ4v) is 3.80. The van der Waals surface area contributed by atoms with E-state index < -0.39 is 0 Å². The zero-order valence-electron chi connectivity index (χ0n) is 17.4. The van der Waals surface area contributed by atoms with Gasteiger partial charge >= 0.3 is 0 Å². The predicted octanol–water partition coefficient (Wildman–Crippen LogP) is 5.05. The van der Waals surface area contributed by atoms with Crippen molar-refractivity contribution >= 4 is 29.0 Å². The lowest BCUT2D eigenvalue weighted by molar-refractivity contribution is -0.117. The van der Waals surface area contributed by atoms with E-state index in [9.17, 15) is 14.4 Å². The van der Waals surface area contributed by atoms with E-state index in [-0.39, 0.29) is 23.5 Å². The van der Waals surface area contributed by atoms with Gasteiger partial charge in [-0.1, -0.05) is 42.5 Å². The highest BCUT2D eigenvalue weighted by molar-refractivity contribution is 6.11. The molecular formula is C26H24N2O3. The number of ketones is 1. The Balaban J connectivity index is 1.49. The summed E-state index contributed by atoms with van der Waals surface area (Å²) in [5.74, 6) is -0.479. The van der Waals surface area contributed by atoms with Gasteiger partial charge in [0.1, 0.15) is 0 Å². The minimum Gasteiger partial charge on any atom is -0.326 e. The molecule has 4 rings (SSSR count). The molecule has 0 saturated carbocycles. The van der Waals surface area contributed by atoms with Crippen LogP contribution in [0.15, 0.2) is 78.9 Å². The van der Waals surface area contributed by atoms with Crippen molar-refractivity contribution in [2.45, 2.75) is 25.7 Å². The van der Waals surface area contributed by atoms with E-state index in [1.54, 1.807) is 35.2 Å².